The fourth-order valence-electron chi connectivity index (χ4n) is 2.76. The molecule has 0 heterocycles. The summed E-state index contributed by atoms with van der Waals surface area (Å²) in [5, 5.41) is 12.3. The molecule has 0 aliphatic carbocycles. The van der Waals surface area contributed by atoms with E-state index in [-0.39, 0.29) is 18.6 Å². The van der Waals surface area contributed by atoms with E-state index in [4.69, 9.17) is 0 Å². The number of carbonyl (C=O) groups excluding carboxylic acids is 1. The Morgan fingerprint density at radius 1 is 1.04 bits per heavy atom. The summed E-state index contributed by atoms with van der Waals surface area (Å²) in [7, 11) is 0. The van der Waals surface area contributed by atoms with Crippen LogP contribution in [0, 0.1) is 0 Å². The SMILES string of the molecule is CCCCCCC(CO)NC(=O)CCCCCc1ccccc1. The quantitative estimate of drug-likeness (QED) is 0.534. The van der Waals surface area contributed by atoms with Crippen LogP contribution in [-0.4, -0.2) is 23.7 Å². The van der Waals surface area contributed by atoms with E-state index in [0.717, 1.165) is 38.5 Å². The molecule has 0 saturated heterocycles. The highest BCUT2D eigenvalue weighted by Gasteiger charge is 2.10. The molecule has 23 heavy (non-hydrogen) atoms. The lowest BCUT2D eigenvalue weighted by molar-refractivity contribution is -0.122. The van der Waals surface area contributed by atoms with Crippen molar-refractivity contribution in [1.82, 2.24) is 5.32 Å². The molecule has 0 bridgehead atoms. The predicted octanol–water partition coefficient (Wildman–Crippen LogP) is 4.24. The molecule has 0 aliphatic rings. The summed E-state index contributed by atoms with van der Waals surface area (Å²) in [6.07, 6.45) is 10.4. The number of benzene rings is 1. The molecule has 3 heteroatoms. The van der Waals surface area contributed by atoms with Crippen LogP contribution < -0.4 is 5.32 Å². The van der Waals surface area contributed by atoms with Crippen molar-refractivity contribution in [2.24, 2.45) is 0 Å². The van der Waals surface area contributed by atoms with Crippen molar-refractivity contribution >= 4 is 5.91 Å². The molecule has 0 fully saturated rings. The normalized spacial score (nSPS) is 12.1. The second-order valence-corrected chi connectivity index (χ2v) is 6.34. The Kier molecular flexibility index (Phi) is 11.2. The minimum absolute atomic E-state index is 0.0475. The fraction of sp³-hybridized carbons (Fsp3) is 0.650. The highest BCUT2D eigenvalue weighted by Crippen LogP contribution is 2.09. The Morgan fingerprint density at radius 3 is 2.48 bits per heavy atom. The minimum Gasteiger partial charge on any atom is -0.394 e. The maximum Gasteiger partial charge on any atom is 0.220 e. The van der Waals surface area contributed by atoms with E-state index in [1.807, 2.05) is 6.07 Å². The molecule has 0 aromatic heterocycles. The van der Waals surface area contributed by atoms with Gasteiger partial charge in [-0.2, -0.15) is 0 Å². The lowest BCUT2D eigenvalue weighted by Crippen LogP contribution is -2.37. The first-order valence-electron chi connectivity index (χ1n) is 9.20. The molecule has 0 radical (unpaired) electrons. The van der Waals surface area contributed by atoms with Gasteiger partial charge in [-0.05, 0) is 31.2 Å². The van der Waals surface area contributed by atoms with Crippen molar-refractivity contribution < 1.29 is 9.90 Å². The van der Waals surface area contributed by atoms with Crippen molar-refractivity contribution in [3.63, 3.8) is 0 Å². The van der Waals surface area contributed by atoms with E-state index >= 15 is 0 Å². The molecular weight excluding hydrogens is 286 g/mol. The number of rotatable bonds is 13. The van der Waals surface area contributed by atoms with Gasteiger partial charge in [-0.25, -0.2) is 0 Å². The van der Waals surface area contributed by atoms with Crippen LogP contribution in [0.2, 0.25) is 0 Å². The average molecular weight is 319 g/mol. The smallest absolute Gasteiger partial charge is 0.220 e. The van der Waals surface area contributed by atoms with Gasteiger partial charge in [0.15, 0.2) is 0 Å². The van der Waals surface area contributed by atoms with Gasteiger partial charge in [-0.1, -0.05) is 69.4 Å². The number of aliphatic hydroxyl groups is 1. The zero-order chi connectivity index (χ0) is 16.8. The van der Waals surface area contributed by atoms with Crippen LogP contribution in [0.15, 0.2) is 30.3 Å². The van der Waals surface area contributed by atoms with Crippen LogP contribution in [-0.2, 0) is 11.2 Å². The number of nitrogens with one attached hydrogen (secondary N) is 1. The number of aliphatic hydroxyl groups excluding tert-OH is 1. The Labute approximate surface area is 141 Å². The molecule has 0 aliphatic heterocycles. The maximum absolute atomic E-state index is 11.9. The second kappa shape index (κ2) is 13.1. The van der Waals surface area contributed by atoms with Gasteiger partial charge >= 0.3 is 0 Å². The molecule has 3 nitrogen and oxygen atoms in total. The minimum atomic E-state index is -0.0660. The average Bonchev–Trinajstić information content (AvgIpc) is 2.58. The molecule has 1 rings (SSSR count). The Morgan fingerprint density at radius 2 is 1.78 bits per heavy atom. The number of unbranched alkanes of at least 4 members (excludes halogenated alkanes) is 5. The Hall–Kier alpha value is -1.35. The number of hydrogen-bond donors (Lipinski definition) is 2. The van der Waals surface area contributed by atoms with Crippen LogP contribution in [0.1, 0.15) is 70.3 Å². The predicted molar refractivity (Wildman–Crippen MR) is 96.4 cm³/mol. The molecule has 1 aromatic rings. The fourth-order valence-corrected chi connectivity index (χ4v) is 2.76. The first-order chi connectivity index (χ1) is 11.3. The Bertz CT molecular complexity index is 405. The number of hydrogen-bond acceptors (Lipinski definition) is 2. The first kappa shape index (κ1) is 19.7. The largest absolute Gasteiger partial charge is 0.394 e. The maximum atomic E-state index is 11.9. The van der Waals surface area contributed by atoms with Crippen molar-refractivity contribution in [2.75, 3.05) is 6.61 Å². The third-order valence-electron chi connectivity index (χ3n) is 4.20. The summed E-state index contributed by atoms with van der Waals surface area (Å²) in [5.41, 5.74) is 1.37. The van der Waals surface area contributed by atoms with E-state index in [1.54, 1.807) is 0 Å². The molecule has 2 N–H and O–H groups in total. The van der Waals surface area contributed by atoms with Gasteiger partial charge in [0.25, 0.3) is 0 Å². The van der Waals surface area contributed by atoms with Crippen molar-refractivity contribution in [3.8, 4) is 0 Å². The first-order valence-corrected chi connectivity index (χ1v) is 9.20. The number of aryl methyl sites for hydroxylation is 1. The van der Waals surface area contributed by atoms with Gasteiger partial charge in [0.2, 0.25) is 5.91 Å². The van der Waals surface area contributed by atoms with E-state index in [1.165, 1.54) is 24.8 Å². The van der Waals surface area contributed by atoms with Gasteiger partial charge in [-0.15, -0.1) is 0 Å². The summed E-state index contributed by atoms with van der Waals surface area (Å²) in [5.74, 6) is 0.0826. The van der Waals surface area contributed by atoms with E-state index in [2.05, 4.69) is 36.5 Å². The molecule has 1 aromatic carbocycles. The Balaban J connectivity index is 2.05. The standard InChI is InChI=1S/C20H33NO2/c1-2-3-4-10-15-19(17-22)21-20(23)16-11-6-9-14-18-12-7-5-8-13-18/h5,7-8,12-13,19,22H,2-4,6,9-11,14-17H2,1H3,(H,21,23). The molecular formula is C20H33NO2. The highest BCUT2D eigenvalue weighted by molar-refractivity contribution is 5.76. The third kappa shape index (κ3) is 10.1. The van der Waals surface area contributed by atoms with Gasteiger partial charge < -0.3 is 10.4 Å². The molecule has 1 unspecified atom stereocenters. The molecule has 130 valence electrons. The van der Waals surface area contributed by atoms with E-state index in [9.17, 15) is 9.90 Å². The second-order valence-electron chi connectivity index (χ2n) is 6.34. The van der Waals surface area contributed by atoms with Gasteiger partial charge in [0, 0.05) is 6.42 Å². The molecule has 1 amide bonds. The number of amides is 1. The summed E-state index contributed by atoms with van der Waals surface area (Å²) in [6.45, 7) is 2.23. The van der Waals surface area contributed by atoms with Crippen molar-refractivity contribution in [3.05, 3.63) is 35.9 Å². The summed E-state index contributed by atoms with van der Waals surface area (Å²) < 4.78 is 0. The number of carbonyl (C=O) groups is 1. The monoisotopic (exact) mass is 319 g/mol. The van der Waals surface area contributed by atoms with E-state index in [0.29, 0.717) is 6.42 Å². The van der Waals surface area contributed by atoms with Crippen LogP contribution in [0.3, 0.4) is 0 Å². The third-order valence-corrected chi connectivity index (χ3v) is 4.20. The molecule has 0 spiro atoms. The van der Waals surface area contributed by atoms with Crippen LogP contribution in [0.5, 0.6) is 0 Å². The van der Waals surface area contributed by atoms with Crippen LogP contribution >= 0.6 is 0 Å². The van der Waals surface area contributed by atoms with Crippen molar-refractivity contribution in [2.45, 2.75) is 77.2 Å². The summed E-state index contributed by atoms with van der Waals surface area (Å²) in [4.78, 5) is 11.9. The van der Waals surface area contributed by atoms with E-state index < -0.39 is 0 Å². The lowest BCUT2D eigenvalue weighted by atomic mass is 10.1. The van der Waals surface area contributed by atoms with Crippen LogP contribution in [0.25, 0.3) is 0 Å². The van der Waals surface area contributed by atoms with Crippen LogP contribution in [0.4, 0.5) is 0 Å². The summed E-state index contributed by atoms with van der Waals surface area (Å²) >= 11 is 0. The molecule has 1 atom stereocenters. The zero-order valence-corrected chi connectivity index (χ0v) is 14.6. The lowest BCUT2D eigenvalue weighted by Gasteiger charge is -2.16. The zero-order valence-electron chi connectivity index (χ0n) is 14.6. The van der Waals surface area contributed by atoms with Gasteiger partial charge in [0.05, 0.1) is 12.6 Å². The summed E-state index contributed by atoms with van der Waals surface area (Å²) in [6, 6.07) is 10.4. The highest BCUT2D eigenvalue weighted by atomic mass is 16.3. The van der Waals surface area contributed by atoms with Crippen molar-refractivity contribution in [1.29, 1.82) is 0 Å². The van der Waals surface area contributed by atoms with Gasteiger partial charge in [0.1, 0.15) is 0 Å². The molecule has 0 saturated carbocycles. The topological polar surface area (TPSA) is 49.3 Å². The van der Waals surface area contributed by atoms with Gasteiger partial charge in [-0.3, -0.25) is 4.79 Å².